The van der Waals surface area contributed by atoms with Gasteiger partial charge in [-0.2, -0.15) is 0 Å². The number of hydrogen-bond acceptors (Lipinski definition) is 5. The number of nitrogens with one attached hydrogen (secondary N) is 1. The van der Waals surface area contributed by atoms with Crippen molar-refractivity contribution in [2.24, 2.45) is 0 Å². The first-order valence-corrected chi connectivity index (χ1v) is 25.5. The van der Waals surface area contributed by atoms with Crippen LogP contribution in [0.25, 0.3) is 0 Å². The highest BCUT2D eigenvalue weighted by atomic mass is 16.5. The summed E-state index contributed by atoms with van der Waals surface area (Å²) >= 11 is 0. The van der Waals surface area contributed by atoms with Gasteiger partial charge in [0.1, 0.15) is 6.10 Å². The van der Waals surface area contributed by atoms with Gasteiger partial charge in [-0.25, -0.2) is 0 Å². The highest BCUT2D eigenvalue weighted by Crippen LogP contribution is 2.15. The molecule has 1 amide bonds. The van der Waals surface area contributed by atoms with Gasteiger partial charge in [-0.05, 0) is 70.6 Å². The fraction of sp³-hybridized carbons (Fsp3) is 0.679. The molecule has 6 nitrogen and oxygen atoms in total. The zero-order valence-electron chi connectivity index (χ0n) is 40.2. The normalized spacial score (nSPS) is 14.1. The van der Waals surface area contributed by atoms with Crippen LogP contribution in [-0.4, -0.2) is 46.9 Å². The Morgan fingerprint density at radius 1 is 0.500 bits per heavy atom. The molecule has 0 fully saturated rings. The molecule has 0 radical (unpaired) electrons. The van der Waals surface area contributed by atoms with Crippen molar-refractivity contribution in [1.29, 1.82) is 0 Å². The zero-order chi connectivity index (χ0) is 45.2. The molecule has 0 rings (SSSR count). The number of hydrogen-bond donors (Lipinski definition) is 3. The maximum absolute atomic E-state index is 13.2. The zero-order valence-corrected chi connectivity index (χ0v) is 40.2. The minimum atomic E-state index is -0.819. The van der Waals surface area contributed by atoms with Crippen molar-refractivity contribution in [3.8, 4) is 0 Å². The van der Waals surface area contributed by atoms with E-state index < -0.39 is 18.2 Å². The molecular formula is C56H95NO5. The molecule has 0 spiro atoms. The van der Waals surface area contributed by atoms with Gasteiger partial charge in [0.05, 0.1) is 25.2 Å². The molecule has 0 aliphatic rings. The average Bonchev–Trinajstić information content (AvgIpc) is 3.26. The van der Waals surface area contributed by atoms with Crippen LogP contribution in [0.5, 0.6) is 0 Å². The SMILES string of the molecule is CCCCC/C=C\C/C=C\C/C=C\C/C=C\CC(CC(=O)NC(CO)C(O)CCCCCCCCCCCC)OC(=O)CCCCCCC/C=C/C=C/C=C/C=C/CCCCC. The molecule has 0 saturated carbocycles. The summed E-state index contributed by atoms with van der Waals surface area (Å²) in [6.45, 7) is 6.36. The van der Waals surface area contributed by atoms with E-state index >= 15 is 0 Å². The van der Waals surface area contributed by atoms with Crippen molar-refractivity contribution in [2.45, 2.75) is 238 Å². The number of unbranched alkanes of at least 4 members (excludes halogenated alkanes) is 20. The topological polar surface area (TPSA) is 95.9 Å². The van der Waals surface area contributed by atoms with Gasteiger partial charge in [0, 0.05) is 12.8 Å². The lowest BCUT2D eigenvalue weighted by atomic mass is 10.0. The molecule has 6 heteroatoms. The largest absolute Gasteiger partial charge is 0.461 e. The first-order chi connectivity index (χ1) is 30.5. The molecule has 0 aromatic carbocycles. The Morgan fingerprint density at radius 3 is 1.47 bits per heavy atom. The van der Waals surface area contributed by atoms with E-state index in [-0.39, 0.29) is 24.9 Å². The smallest absolute Gasteiger partial charge is 0.306 e. The molecule has 0 saturated heterocycles. The minimum absolute atomic E-state index is 0.0135. The predicted molar refractivity (Wildman–Crippen MR) is 268 cm³/mol. The summed E-state index contributed by atoms with van der Waals surface area (Å²) in [5.74, 6) is -0.611. The van der Waals surface area contributed by atoms with Crippen molar-refractivity contribution in [1.82, 2.24) is 5.32 Å². The maximum atomic E-state index is 13.2. The molecule has 3 N–H and O–H groups in total. The summed E-state index contributed by atoms with van der Waals surface area (Å²) < 4.78 is 5.86. The Morgan fingerprint density at radius 2 is 0.919 bits per heavy atom. The Bertz CT molecular complexity index is 1240. The van der Waals surface area contributed by atoms with Gasteiger partial charge in [-0.15, -0.1) is 0 Å². The lowest BCUT2D eigenvalue weighted by Crippen LogP contribution is -2.46. The van der Waals surface area contributed by atoms with E-state index in [0.717, 1.165) is 83.5 Å². The van der Waals surface area contributed by atoms with E-state index in [0.29, 0.717) is 19.3 Å². The second-order valence-electron chi connectivity index (χ2n) is 17.0. The Kier molecular flexibility index (Phi) is 46.3. The van der Waals surface area contributed by atoms with E-state index in [9.17, 15) is 19.8 Å². The van der Waals surface area contributed by atoms with Crippen molar-refractivity contribution in [3.05, 3.63) is 97.2 Å². The third-order valence-electron chi connectivity index (χ3n) is 11.0. The number of aliphatic hydroxyl groups is 2. The molecule has 0 aliphatic heterocycles. The van der Waals surface area contributed by atoms with Gasteiger partial charge >= 0.3 is 5.97 Å². The number of allylic oxidation sites excluding steroid dienone is 15. The van der Waals surface area contributed by atoms with Gasteiger partial charge in [0.2, 0.25) is 5.91 Å². The number of amides is 1. The third kappa shape index (κ3) is 43.4. The number of aliphatic hydroxyl groups excluding tert-OH is 2. The van der Waals surface area contributed by atoms with Gasteiger partial charge in [0.15, 0.2) is 0 Å². The van der Waals surface area contributed by atoms with Crippen LogP contribution >= 0.6 is 0 Å². The molecule has 0 aromatic heterocycles. The van der Waals surface area contributed by atoms with Crippen LogP contribution in [0.4, 0.5) is 0 Å². The third-order valence-corrected chi connectivity index (χ3v) is 11.0. The number of carbonyl (C=O) groups excluding carboxylic acids is 2. The van der Waals surface area contributed by atoms with E-state index in [2.05, 4.69) is 111 Å². The van der Waals surface area contributed by atoms with Crippen LogP contribution in [0.1, 0.15) is 220 Å². The van der Waals surface area contributed by atoms with Crippen molar-refractivity contribution in [2.75, 3.05) is 6.61 Å². The van der Waals surface area contributed by atoms with Crippen LogP contribution in [-0.2, 0) is 14.3 Å². The first kappa shape index (κ1) is 58.8. The van der Waals surface area contributed by atoms with E-state index in [4.69, 9.17) is 4.74 Å². The van der Waals surface area contributed by atoms with Crippen LogP contribution in [0.3, 0.4) is 0 Å². The lowest BCUT2D eigenvalue weighted by molar-refractivity contribution is -0.150. The van der Waals surface area contributed by atoms with Gasteiger partial charge in [-0.1, -0.05) is 227 Å². The van der Waals surface area contributed by atoms with Crippen LogP contribution in [0, 0.1) is 0 Å². The Labute approximate surface area is 382 Å². The van der Waals surface area contributed by atoms with Crippen LogP contribution < -0.4 is 5.32 Å². The summed E-state index contributed by atoms with van der Waals surface area (Å²) in [6, 6.07) is -0.740. The highest BCUT2D eigenvalue weighted by molar-refractivity contribution is 5.77. The second kappa shape index (κ2) is 48.8. The van der Waals surface area contributed by atoms with E-state index in [1.807, 2.05) is 12.2 Å². The van der Waals surface area contributed by atoms with Gasteiger partial charge < -0.3 is 20.3 Å². The standard InChI is InChI=1S/C56H95NO5/c1-4-7-10-13-16-19-22-24-26-27-28-30-32-34-37-40-43-46-49-56(61)62-52(47-44-41-38-35-33-31-29-25-23-20-17-14-11-8-5-2)50-55(60)57-53(51-58)54(59)48-45-42-39-36-21-18-15-12-9-6-3/h16-17,19-20,22,24-30,33,35,41,44,52-54,58-59H,4-15,18,21,23,31-32,34,36-40,42-43,45-51H2,1-3H3,(H,57,60)/b19-16+,20-17-,24-22+,27-26+,29-25-,30-28+,35-33-,44-41-. The van der Waals surface area contributed by atoms with Crippen LogP contribution in [0.2, 0.25) is 0 Å². The molecule has 3 atom stereocenters. The quantitative estimate of drug-likeness (QED) is 0.0245. The summed E-state index contributed by atoms with van der Waals surface area (Å²) in [6.07, 6.45) is 64.7. The van der Waals surface area contributed by atoms with Gasteiger partial charge in [0.25, 0.3) is 0 Å². The van der Waals surface area contributed by atoms with Crippen molar-refractivity contribution >= 4 is 11.9 Å². The summed E-state index contributed by atoms with van der Waals surface area (Å²) in [7, 11) is 0. The van der Waals surface area contributed by atoms with Gasteiger partial charge in [-0.3, -0.25) is 9.59 Å². The molecule has 0 aromatic rings. The predicted octanol–water partition coefficient (Wildman–Crippen LogP) is 15.3. The first-order valence-electron chi connectivity index (χ1n) is 25.5. The molecular weight excluding hydrogens is 767 g/mol. The van der Waals surface area contributed by atoms with Crippen molar-refractivity contribution in [3.63, 3.8) is 0 Å². The fourth-order valence-corrected chi connectivity index (χ4v) is 7.07. The monoisotopic (exact) mass is 862 g/mol. The minimum Gasteiger partial charge on any atom is -0.461 e. The van der Waals surface area contributed by atoms with Crippen LogP contribution in [0.15, 0.2) is 97.2 Å². The summed E-state index contributed by atoms with van der Waals surface area (Å²) in [5, 5.41) is 23.6. The molecule has 0 heterocycles. The Hall–Kier alpha value is -3.22. The number of ether oxygens (including phenoxy) is 1. The average molecular weight is 862 g/mol. The fourth-order valence-electron chi connectivity index (χ4n) is 7.07. The molecule has 0 bridgehead atoms. The molecule has 3 unspecified atom stereocenters. The van der Waals surface area contributed by atoms with E-state index in [1.165, 1.54) is 89.9 Å². The number of rotatable bonds is 44. The number of carbonyl (C=O) groups is 2. The molecule has 0 aliphatic carbocycles. The molecule has 62 heavy (non-hydrogen) atoms. The lowest BCUT2D eigenvalue weighted by Gasteiger charge is -2.24. The summed E-state index contributed by atoms with van der Waals surface area (Å²) in [4.78, 5) is 26.1. The van der Waals surface area contributed by atoms with Crippen molar-refractivity contribution < 1.29 is 24.5 Å². The Balaban J connectivity index is 4.78. The maximum Gasteiger partial charge on any atom is 0.306 e. The second-order valence-corrected chi connectivity index (χ2v) is 17.0. The molecule has 354 valence electrons. The number of esters is 1. The van der Waals surface area contributed by atoms with E-state index in [1.54, 1.807) is 0 Å². The highest BCUT2D eigenvalue weighted by Gasteiger charge is 2.23. The summed E-state index contributed by atoms with van der Waals surface area (Å²) in [5.41, 5.74) is 0.